The molecule has 0 amide bonds. The molecule has 2 heterocycles. The van der Waals surface area contributed by atoms with Crippen LogP contribution in [0.3, 0.4) is 0 Å². The monoisotopic (exact) mass is 584 g/mol. The Balaban J connectivity index is 1.28. The van der Waals surface area contributed by atoms with Crippen LogP contribution in [0.4, 0.5) is 0 Å². The van der Waals surface area contributed by atoms with E-state index in [2.05, 4.69) is 179 Å². The first-order valence-corrected chi connectivity index (χ1v) is 15.9. The van der Waals surface area contributed by atoms with E-state index in [1.165, 1.54) is 87.7 Å². The fraction of sp³-hybridized carbons (Fsp3) is 0. The van der Waals surface area contributed by atoms with Gasteiger partial charge in [-0.15, -0.1) is 0 Å². The Morgan fingerprint density at radius 1 is 0.304 bits per heavy atom. The molecule has 0 unspecified atom stereocenters. The predicted octanol–water partition coefficient (Wildman–Crippen LogP) is 11.9. The van der Waals surface area contributed by atoms with Gasteiger partial charge in [-0.1, -0.05) is 127 Å². The second kappa shape index (κ2) is 9.69. The minimum Gasteiger partial charge on any atom is -0.309 e. The van der Waals surface area contributed by atoms with Crippen molar-refractivity contribution in [2.45, 2.75) is 0 Å². The molecule has 10 rings (SSSR count). The summed E-state index contributed by atoms with van der Waals surface area (Å²) in [6.07, 6.45) is 0. The van der Waals surface area contributed by atoms with Crippen molar-refractivity contribution in [2.75, 3.05) is 0 Å². The molecular formula is C44H28N2. The van der Waals surface area contributed by atoms with E-state index < -0.39 is 0 Å². The van der Waals surface area contributed by atoms with Gasteiger partial charge in [0.25, 0.3) is 0 Å². The van der Waals surface area contributed by atoms with E-state index in [1.54, 1.807) is 0 Å². The molecule has 2 aromatic heterocycles. The summed E-state index contributed by atoms with van der Waals surface area (Å²) in [5.74, 6) is 0. The number of rotatable bonds is 3. The molecule has 0 spiro atoms. The van der Waals surface area contributed by atoms with Crippen LogP contribution in [0, 0.1) is 0 Å². The fourth-order valence-corrected chi connectivity index (χ4v) is 7.57. The zero-order valence-corrected chi connectivity index (χ0v) is 25.1. The van der Waals surface area contributed by atoms with Crippen LogP contribution in [0.15, 0.2) is 170 Å². The minimum atomic E-state index is 1.17. The van der Waals surface area contributed by atoms with Crippen LogP contribution in [-0.4, -0.2) is 9.13 Å². The molecule has 0 atom stereocenters. The number of fused-ring (bicyclic) bond motifs is 8. The van der Waals surface area contributed by atoms with Gasteiger partial charge in [0.15, 0.2) is 0 Å². The summed E-state index contributed by atoms with van der Waals surface area (Å²) in [5.41, 5.74) is 9.63. The SMILES string of the molecule is c1ccc2cc(-n3c4ccccc4c4ccc(-c5cccc6c7ccccc7n(-c7ccc8ccccc8c7)c56)cc43)ccc2c1. The number of hydrogen-bond acceptors (Lipinski definition) is 0. The Labute approximate surface area is 266 Å². The maximum absolute atomic E-state index is 2.45. The second-order valence-electron chi connectivity index (χ2n) is 12.2. The van der Waals surface area contributed by atoms with E-state index in [4.69, 9.17) is 0 Å². The Morgan fingerprint density at radius 3 is 1.52 bits per heavy atom. The summed E-state index contributed by atoms with van der Waals surface area (Å²) in [6, 6.07) is 62.1. The molecule has 0 fully saturated rings. The lowest BCUT2D eigenvalue weighted by Crippen LogP contribution is -1.96. The lowest BCUT2D eigenvalue weighted by molar-refractivity contribution is 1.18. The predicted molar refractivity (Wildman–Crippen MR) is 196 cm³/mol. The molecule has 2 heteroatoms. The molecule has 0 saturated heterocycles. The average Bonchev–Trinajstić information content (AvgIpc) is 3.64. The Bertz CT molecular complexity index is 2810. The molecule has 0 aliphatic carbocycles. The van der Waals surface area contributed by atoms with Crippen molar-refractivity contribution in [1.29, 1.82) is 0 Å². The van der Waals surface area contributed by atoms with Gasteiger partial charge in [0.2, 0.25) is 0 Å². The van der Waals surface area contributed by atoms with Crippen LogP contribution in [0.25, 0.3) is 87.7 Å². The second-order valence-corrected chi connectivity index (χ2v) is 12.2. The van der Waals surface area contributed by atoms with Gasteiger partial charge in [-0.25, -0.2) is 0 Å². The summed E-state index contributed by atoms with van der Waals surface area (Å²) in [4.78, 5) is 0. The lowest BCUT2D eigenvalue weighted by atomic mass is 10.00. The van der Waals surface area contributed by atoms with Crippen molar-refractivity contribution in [3.63, 3.8) is 0 Å². The van der Waals surface area contributed by atoms with Crippen molar-refractivity contribution in [3.05, 3.63) is 170 Å². The van der Waals surface area contributed by atoms with Gasteiger partial charge in [0.05, 0.1) is 22.1 Å². The van der Waals surface area contributed by atoms with E-state index in [0.717, 1.165) is 0 Å². The number of aromatic nitrogens is 2. The third-order valence-electron chi connectivity index (χ3n) is 9.66. The van der Waals surface area contributed by atoms with Crippen molar-refractivity contribution >= 4 is 65.2 Å². The fourth-order valence-electron chi connectivity index (χ4n) is 7.57. The third kappa shape index (κ3) is 3.65. The van der Waals surface area contributed by atoms with Gasteiger partial charge in [0.1, 0.15) is 0 Å². The number of benzene rings is 8. The van der Waals surface area contributed by atoms with Crippen LogP contribution in [0.1, 0.15) is 0 Å². The lowest BCUT2D eigenvalue weighted by Gasteiger charge is -2.14. The quantitative estimate of drug-likeness (QED) is 0.195. The molecule has 0 aliphatic heterocycles. The highest BCUT2D eigenvalue weighted by Crippen LogP contribution is 2.41. The largest absolute Gasteiger partial charge is 0.309 e. The van der Waals surface area contributed by atoms with Crippen molar-refractivity contribution in [2.24, 2.45) is 0 Å². The van der Waals surface area contributed by atoms with Gasteiger partial charge in [-0.2, -0.15) is 0 Å². The molecule has 214 valence electrons. The molecule has 46 heavy (non-hydrogen) atoms. The van der Waals surface area contributed by atoms with E-state index in [1.807, 2.05) is 0 Å². The van der Waals surface area contributed by atoms with Gasteiger partial charge >= 0.3 is 0 Å². The highest BCUT2D eigenvalue weighted by atomic mass is 15.0. The zero-order chi connectivity index (χ0) is 30.2. The van der Waals surface area contributed by atoms with Crippen molar-refractivity contribution in [1.82, 2.24) is 9.13 Å². The first-order valence-electron chi connectivity index (χ1n) is 15.9. The highest BCUT2D eigenvalue weighted by molar-refractivity contribution is 6.15. The van der Waals surface area contributed by atoms with Crippen LogP contribution in [0.2, 0.25) is 0 Å². The number of hydrogen-bond donors (Lipinski definition) is 0. The maximum atomic E-state index is 2.45. The average molecular weight is 585 g/mol. The molecule has 8 aromatic carbocycles. The summed E-state index contributed by atoms with van der Waals surface area (Å²) in [7, 11) is 0. The van der Waals surface area contributed by atoms with E-state index in [9.17, 15) is 0 Å². The molecule has 2 nitrogen and oxygen atoms in total. The van der Waals surface area contributed by atoms with Crippen LogP contribution in [-0.2, 0) is 0 Å². The minimum absolute atomic E-state index is 1.17. The highest BCUT2D eigenvalue weighted by Gasteiger charge is 2.19. The molecule has 0 radical (unpaired) electrons. The molecular weight excluding hydrogens is 556 g/mol. The van der Waals surface area contributed by atoms with E-state index in [0.29, 0.717) is 0 Å². The summed E-state index contributed by atoms with van der Waals surface area (Å²) in [5, 5.41) is 10.0. The summed E-state index contributed by atoms with van der Waals surface area (Å²) in [6.45, 7) is 0. The van der Waals surface area contributed by atoms with E-state index >= 15 is 0 Å². The first-order chi connectivity index (χ1) is 22.8. The van der Waals surface area contributed by atoms with Crippen molar-refractivity contribution in [3.8, 4) is 22.5 Å². The molecule has 0 N–H and O–H groups in total. The van der Waals surface area contributed by atoms with Gasteiger partial charge in [0, 0.05) is 38.5 Å². The zero-order valence-electron chi connectivity index (χ0n) is 25.1. The van der Waals surface area contributed by atoms with Crippen LogP contribution in [0.5, 0.6) is 0 Å². The molecule has 0 aliphatic rings. The Kier molecular flexibility index (Phi) is 5.31. The van der Waals surface area contributed by atoms with E-state index in [-0.39, 0.29) is 0 Å². The van der Waals surface area contributed by atoms with Crippen LogP contribution >= 0.6 is 0 Å². The molecule has 0 bridgehead atoms. The van der Waals surface area contributed by atoms with Crippen molar-refractivity contribution < 1.29 is 0 Å². The standard InChI is InChI=1S/C44H28N2/c1-3-12-31-26-34(23-20-29(31)10-1)45-41-18-7-5-14-37(41)39-25-22-33(28-43(39)45)36-16-9-17-40-38-15-6-8-19-42(38)46(44(36)40)35-24-21-30-11-2-4-13-32(30)27-35/h1-28H. The smallest absolute Gasteiger partial charge is 0.0619 e. The maximum Gasteiger partial charge on any atom is 0.0619 e. The Morgan fingerprint density at radius 2 is 0.826 bits per heavy atom. The Hall–Kier alpha value is -6.12. The number of nitrogens with zero attached hydrogens (tertiary/aromatic N) is 2. The first kappa shape index (κ1) is 25.2. The van der Waals surface area contributed by atoms with Gasteiger partial charge in [-0.3, -0.25) is 0 Å². The normalized spacial score (nSPS) is 11.9. The third-order valence-corrected chi connectivity index (χ3v) is 9.66. The van der Waals surface area contributed by atoms with Gasteiger partial charge in [-0.05, 0) is 69.6 Å². The number of para-hydroxylation sites is 3. The summed E-state index contributed by atoms with van der Waals surface area (Å²) < 4.78 is 4.88. The molecule has 0 saturated carbocycles. The topological polar surface area (TPSA) is 9.86 Å². The van der Waals surface area contributed by atoms with Crippen LogP contribution < -0.4 is 0 Å². The molecule has 10 aromatic rings. The summed E-state index contributed by atoms with van der Waals surface area (Å²) >= 11 is 0. The van der Waals surface area contributed by atoms with Gasteiger partial charge < -0.3 is 9.13 Å².